The Hall–Kier alpha value is -3.05. The van der Waals surface area contributed by atoms with Gasteiger partial charge in [0.2, 0.25) is 0 Å². The van der Waals surface area contributed by atoms with Crippen molar-refractivity contribution in [3.63, 3.8) is 0 Å². The van der Waals surface area contributed by atoms with Crippen LogP contribution in [0.1, 0.15) is 12.5 Å². The molecular formula is C15H10N2O3. The van der Waals surface area contributed by atoms with Crippen molar-refractivity contribution in [2.45, 2.75) is 6.92 Å². The third-order valence-corrected chi connectivity index (χ3v) is 2.94. The zero-order valence-electron chi connectivity index (χ0n) is 10.9. The van der Waals surface area contributed by atoms with Crippen LogP contribution in [-0.2, 0) is 0 Å². The molecule has 5 heteroatoms. The quantitative estimate of drug-likeness (QED) is 0.616. The number of fused-ring (bicyclic) bond motifs is 1. The minimum atomic E-state index is -0.580. The summed E-state index contributed by atoms with van der Waals surface area (Å²) in [7, 11) is 1.54. The number of allylic oxidation sites excluding steroid dienone is 2. The lowest BCUT2D eigenvalue weighted by atomic mass is 10.0. The van der Waals surface area contributed by atoms with Gasteiger partial charge in [-0.2, -0.15) is 10.5 Å². The molecule has 0 saturated carbocycles. The fourth-order valence-corrected chi connectivity index (χ4v) is 1.82. The minimum absolute atomic E-state index is 0.112. The van der Waals surface area contributed by atoms with Gasteiger partial charge in [0, 0.05) is 5.39 Å². The van der Waals surface area contributed by atoms with Crippen molar-refractivity contribution in [3.05, 3.63) is 45.8 Å². The molecule has 2 rings (SSSR count). The van der Waals surface area contributed by atoms with E-state index in [0.717, 1.165) is 0 Å². The summed E-state index contributed by atoms with van der Waals surface area (Å²) in [6.07, 6.45) is 0. The highest BCUT2D eigenvalue weighted by Gasteiger charge is 2.11. The van der Waals surface area contributed by atoms with Crippen LogP contribution in [-0.4, -0.2) is 7.11 Å². The third kappa shape index (κ3) is 2.25. The first-order valence-electron chi connectivity index (χ1n) is 5.74. The lowest BCUT2D eigenvalue weighted by molar-refractivity contribution is 0.415. The van der Waals surface area contributed by atoms with Gasteiger partial charge in [-0.15, -0.1) is 0 Å². The standard InChI is InChI=1S/C15H10N2O3/c1-9(11(7-16)8-17)13-6-10-5-12(19-2)3-4-14(10)20-15(13)18/h3-6H,1-2H3. The Morgan fingerprint density at radius 1 is 1.25 bits per heavy atom. The molecule has 0 atom stereocenters. The molecule has 98 valence electrons. The summed E-state index contributed by atoms with van der Waals surface area (Å²) < 4.78 is 10.3. The van der Waals surface area contributed by atoms with Crippen molar-refractivity contribution in [1.82, 2.24) is 0 Å². The van der Waals surface area contributed by atoms with Crippen LogP contribution in [0.4, 0.5) is 0 Å². The molecule has 0 bridgehead atoms. The van der Waals surface area contributed by atoms with Crippen LogP contribution in [0.2, 0.25) is 0 Å². The van der Waals surface area contributed by atoms with Crippen molar-refractivity contribution >= 4 is 16.5 Å². The SMILES string of the molecule is COc1ccc2oc(=O)c(C(C)=C(C#N)C#N)cc2c1. The summed E-state index contributed by atoms with van der Waals surface area (Å²) in [6, 6.07) is 10.1. The van der Waals surface area contributed by atoms with Crippen molar-refractivity contribution in [1.29, 1.82) is 10.5 Å². The fraction of sp³-hybridized carbons (Fsp3) is 0.133. The van der Waals surface area contributed by atoms with E-state index in [4.69, 9.17) is 19.7 Å². The monoisotopic (exact) mass is 266 g/mol. The van der Waals surface area contributed by atoms with Gasteiger partial charge in [-0.05, 0) is 36.8 Å². The number of nitriles is 2. The van der Waals surface area contributed by atoms with Gasteiger partial charge >= 0.3 is 5.63 Å². The predicted molar refractivity (Wildman–Crippen MR) is 72.9 cm³/mol. The Morgan fingerprint density at radius 2 is 1.95 bits per heavy atom. The molecule has 0 N–H and O–H groups in total. The first kappa shape index (κ1) is 13.4. The molecule has 0 aliphatic heterocycles. The second kappa shape index (κ2) is 5.29. The van der Waals surface area contributed by atoms with E-state index in [2.05, 4.69) is 0 Å². The molecule has 1 aromatic carbocycles. The summed E-state index contributed by atoms with van der Waals surface area (Å²) in [6.45, 7) is 1.54. The molecule has 0 aliphatic rings. The highest BCUT2D eigenvalue weighted by atomic mass is 16.5. The van der Waals surface area contributed by atoms with Crippen LogP contribution in [0.25, 0.3) is 16.5 Å². The maximum absolute atomic E-state index is 11.9. The van der Waals surface area contributed by atoms with Gasteiger partial charge in [0.25, 0.3) is 0 Å². The molecule has 0 spiro atoms. The topological polar surface area (TPSA) is 87.0 Å². The van der Waals surface area contributed by atoms with Gasteiger partial charge in [0.1, 0.15) is 29.0 Å². The van der Waals surface area contributed by atoms with Crippen LogP contribution in [0.15, 0.2) is 39.1 Å². The zero-order chi connectivity index (χ0) is 14.7. The third-order valence-electron chi connectivity index (χ3n) is 2.94. The molecule has 1 aromatic heterocycles. The normalized spacial score (nSPS) is 9.60. The Bertz CT molecular complexity index is 832. The molecule has 1 heterocycles. The number of rotatable bonds is 2. The molecular weight excluding hydrogens is 256 g/mol. The smallest absolute Gasteiger partial charge is 0.343 e. The van der Waals surface area contributed by atoms with Gasteiger partial charge in [0.15, 0.2) is 0 Å². The van der Waals surface area contributed by atoms with Gasteiger partial charge in [-0.25, -0.2) is 4.79 Å². The van der Waals surface area contributed by atoms with Crippen LogP contribution in [0.5, 0.6) is 5.75 Å². The summed E-state index contributed by atoms with van der Waals surface area (Å²) in [4.78, 5) is 11.9. The summed E-state index contributed by atoms with van der Waals surface area (Å²) in [5.74, 6) is 0.625. The Labute approximate surface area is 114 Å². The Balaban J connectivity index is 2.76. The average Bonchev–Trinajstić information content (AvgIpc) is 2.47. The number of hydrogen-bond donors (Lipinski definition) is 0. The molecule has 2 aromatic rings. The number of benzene rings is 1. The molecule has 5 nitrogen and oxygen atoms in total. The average molecular weight is 266 g/mol. The van der Waals surface area contributed by atoms with E-state index < -0.39 is 5.63 Å². The lowest BCUT2D eigenvalue weighted by Gasteiger charge is -2.04. The van der Waals surface area contributed by atoms with Gasteiger partial charge in [-0.3, -0.25) is 0 Å². The first-order chi connectivity index (χ1) is 9.60. The van der Waals surface area contributed by atoms with Crippen LogP contribution >= 0.6 is 0 Å². The molecule has 0 saturated heterocycles. The van der Waals surface area contributed by atoms with Crippen molar-refractivity contribution in [2.24, 2.45) is 0 Å². The van der Waals surface area contributed by atoms with E-state index in [9.17, 15) is 4.79 Å². The first-order valence-corrected chi connectivity index (χ1v) is 5.74. The number of methoxy groups -OCH3 is 1. The predicted octanol–water partition coefficient (Wildman–Crippen LogP) is 2.62. The van der Waals surface area contributed by atoms with Crippen molar-refractivity contribution < 1.29 is 9.15 Å². The summed E-state index contributed by atoms with van der Waals surface area (Å²) in [5.41, 5.74) is 0.225. The van der Waals surface area contributed by atoms with E-state index in [1.54, 1.807) is 43.3 Å². The second-order valence-corrected chi connectivity index (χ2v) is 4.07. The van der Waals surface area contributed by atoms with E-state index >= 15 is 0 Å². The molecule has 0 unspecified atom stereocenters. The largest absolute Gasteiger partial charge is 0.497 e. The lowest BCUT2D eigenvalue weighted by Crippen LogP contribution is -2.06. The summed E-state index contributed by atoms with van der Waals surface area (Å²) >= 11 is 0. The number of ether oxygens (including phenoxy) is 1. The number of nitrogens with zero attached hydrogens (tertiary/aromatic N) is 2. The molecule has 0 amide bonds. The summed E-state index contributed by atoms with van der Waals surface area (Å²) in [5, 5.41) is 18.4. The van der Waals surface area contributed by atoms with E-state index in [-0.39, 0.29) is 11.1 Å². The van der Waals surface area contributed by atoms with Crippen LogP contribution in [0.3, 0.4) is 0 Å². The van der Waals surface area contributed by atoms with Gasteiger partial charge in [-0.1, -0.05) is 0 Å². The zero-order valence-corrected chi connectivity index (χ0v) is 10.9. The highest BCUT2D eigenvalue weighted by molar-refractivity contribution is 5.83. The van der Waals surface area contributed by atoms with E-state index in [0.29, 0.717) is 22.3 Å². The van der Waals surface area contributed by atoms with E-state index in [1.807, 2.05) is 0 Å². The Morgan fingerprint density at radius 3 is 2.55 bits per heavy atom. The van der Waals surface area contributed by atoms with Crippen molar-refractivity contribution in [3.8, 4) is 17.9 Å². The maximum Gasteiger partial charge on any atom is 0.343 e. The van der Waals surface area contributed by atoms with Crippen molar-refractivity contribution in [2.75, 3.05) is 7.11 Å². The van der Waals surface area contributed by atoms with Crippen LogP contribution < -0.4 is 10.4 Å². The van der Waals surface area contributed by atoms with Gasteiger partial charge < -0.3 is 9.15 Å². The maximum atomic E-state index is 11.9. The highest BCUT2D eigenvalue weighted by Crippen LogP contribution is 2.23. The molecule has 0 radical (unpaired) electrons. The van der Waals surface area contributed by atoms with Gasteiger partial charge in [0.05, 0.1) is 12.7 Å². The molecule has 0 fully saturated rings. The van der Waals surface area contributed by atoms with Crippen LogP contribution in [0, 0.1) is 22.7 Å². The second-order valence-electron chi connectivity index (χ2n) is 4.07. The molecule has 0 aliphatic carbocycles. The Kier molecular flexibility index (Phi) is 3.54. The fourth-order valence-electron chi connectivity index (χ4n) is 1.82. The molecule has 20 heavy (non-hydrogen) atoms. The minimum Gasteiger partial charge on any atom is -0.497 e. The van der Waals surface area contributed by atoms with E-state index in [1.165, 1.54) is 7.11 Å². The number of hydrogen-bond acceptors (Lipinski definition) is 5.